The van der Waals surface area contributed by atoms with Gasteiger partial charge in [-0.25, -0.2) is 0 Å². The number of carbonyl (C=O) groups excluding carboxylic acids is 1. The first-order valence-corrected chi connectivity index (χ1v) is 5.40. The topological polar surface area (TPSA) is 42.2 Å². The fourth-order valence-electron chi connectivity index (χ4n) is 1.29. The molecule has 1 N–H and O–H groups in total. The third kappa shape index (κ3) is 3.23. The molecule has 0 aliphatic carbocycles. The Kier molecular flexibility index (Phi) is 3.62. The van der Waals surface area contributed by atoms with Crippen LogP contribution in [-0.4, -0.2) is 5.78 Å². The maximum absolute atomic E-state index is 11.5. The van der Waals surface area contributed by atoms with Gasteiger partial charge in [0.25, 0.3) is 0 Å². The van der Waals surface area contributed by atoms with Crippen molar-refractivity contribution >= 4 is 23.1 Å². The van der Waals surface area contributed by atoms with E-state index in [1.807, 2.05) is 12.1 Å². The van der Waals surface area contributed by atoms with E-state index >= 15 is 0 Å². The maximum Gasteiger partial charge on any atom is 0.222 e. The Balaban J connectivity index is 1.96. The lowest BCUT2D eigenvalue weighted by atomic mass is 10.3. The van der Waals surface area contributed by atoms with E-state index in [4.69, 9.17) is 16.0 Å². The summed E-state index contributed by atoms with van der Waals surface area (Å²) in [5, 5.41) is 3.59. The van der Waals surface area contributed by atoms with Gasteiger partial charge in [-0.2, -0.15) is 0 Å². The second kappa shape index (κ2) is 5.37. The number of carbonyl (C=O) groups is 1. The minimum atomic E-state index is -0.190. The van der Waals surface area contributed by atoms with Gasteiger partial charge in [0.05, 0.1) is 6.26 Å². The summed E-state index contributed by atoms with van der Waals surface area (Å²) >= 11 is 5.82. The van der Waals surface area contributed by atoms with Gasteiger partial charge in [0.15, 0.2) is 5.76 Å². The monoisotopic (exact) mass is 247 g/mol. The molecular formula is C13H10ClNO2. The van der Waals surface area contributed by atoms with Crippen LogP contribution in [0.3, 0.4) is 0 Å². The van der Waals surface area contributed by atoms with Crippen molar-refractivity contribution in [3.8, 4) is 0 Å². The van der Waals surface area contributed by atoms with Crippen LogP contribution in [0, 0.1) is 0 Å². The van der Waals surface area contributed by atoms with Crippen LogP contribution in [0.4, 0.5) is 5.69 Å². The molecule has 1 heterocycles. The van der Waals surface area contributed by atoms with E-state index in [1.165, 1.54) is 12.3 Å². The van der Waals surface area contributed by atoms with Gasteiger partial charge in [-0.05, 0) is 30.3 Å². The number of halogens is 1. The van der Waals surface area contributed by atoms with Crippen LogP contribution < -0.4 is 5.32 Å². The van der Waals surface area contributed by atoms with Crippen molar-refractivity contribution in [2.75, 3.05) is 5.32 Å². The smallest absolute Gasteiger partial charge is 0.222 e. The molecule has 0 saturated carbocycles. The predicted molar refractivity (Wildman–Crippen MR) is 67.3 cm³/mol. The second-order valence-electron chi connectivity index (χ2n) is 3.33. The van der Waals surface area contributed by atoms with Gasteiger partial charge >= 0.3 is 0 Å². The fourth-order valence-corrected chi connectivity index (χ4v) is 1.48. The summed E-state index contributed by atoms with van der Waals surface area (Å²) in [7, 11) is 0. The Morgan fingerprint density at radius 2 is 2.18 bits per heavy atom. The Morgan fingerprint density at radius 3 is 2.88 bits per heavy atom. The van der Waals surface area contributed by atoms with Crippen molar-refractivity contribution < 1.29 is 9.21 Å². The van der Waals surface area contributed by atoms with Crippen LogP contribution in [0.5, 0.6) is 0 Å². The molecule has 0 aliphatic heterocycles. The summed E-state index contributed by atoms with van der Waals surface area (Å²) in [6.07, 6.45) is 4.42. The summed E-state index contributed by atoms with van der Waals surface area (Å²) < 4.78 is 4.97. The number of hydrogen-bond acceptors (Lipinski definition) is 3. The standard InChI is InChI=1S/C13H10ClNO2/c14-10-3-1-4-11(9-10)15-7-6-12(16)13-5-2-8-17-13/h1-9,15H/b7-6-. The molecule has 0 aliphatic rings. The predicted octanol–water partition coefficient (Wildman–Crippen LogP) is 3.74. The van der Waals surface area contributed by atoms with Gasteiger partial charge in [0.1, 0.15) is 0 Å². The summed E-state index contributed by atoms with van der Waals surface area (Å²) in [6, 6.07) is 10.5. The third-order valence-corrected chi connectivity index (χ3v) is 2.31. The highest BCUT2D eigenvalue weighted by Gasteiger charge is 2.02. The lowest BCUT2D eigenvalue weighted by molar-refractivity contribution is 0.102. The van der Waals surface area contributed by atoms with Crippen molar-refractivity contribution in [3.63, 3.8) is 0 Å². The summed E-state index contributed by atoms with van der Waals surface area (Å²) in [5.74, 6) is 0.124. The average molecular weight is 248 g/mol. The molecule has 0 atom stereocenters. The Labute approximate surface area is 104 Å². The molecule has 0 amide bonds. The molecule has 2 aromatic rings. The molecule has 2 rings (SSSR count). The minimum absolute atomic E-state index is 0.190. The zero-order valence-electron chi connectivity index (χ0n) is 8.89. The van der Waals surface area contributed by atoms with E-state index in [0.717, 1.165) is 5.69 Å². The largest absolute Gasteiger partial charge is 0.461 e. The highest BCUT2D eigenvalue weighted by molar-refractivity contribution is 6.30. The van der Waals surface area contributed by atoms with Crippen molar-refractivity contribution in [2.24, 2.45) is 0 Å². The van der Waals surface area contributed by atoms with E-state index in [-0.39, 0.29) is 5.78 Å². The van der Waals surface area contributed by atoms with Crippen LogP contribution in [0.2, 0.25) is 5.02 Å². The fraction of sp³-hybridized carbons (Fsp3) is 0. The molecule has 0 radical (unpaired) electrons. The molecule has 86 valence electrons. The molecule has 0 fully saturated rings. The number of hydrogen-bond donors (Lipinski definition) is 1. The zero-order valence-corrected chi connectivity index (χ0v) is 9.65. The Hall–Kier alpha value is -2.00. The molecular weight excluding hydrogens is 238 g/mol. The number of allylic oxidation sites excluding steroid dienone is 1. The van der Waals surface area contributed by atoms with Crippen LogP contribution in [0.15, 0.2) is 59.4 Å². The summed E-state index contributed by atoms with van der Waals surface area (Å²) in [5.41, 5.74) is 0.820. The van der Waals surface area contributed by atoms with Crippen LogP contribution in [-0.2, 0) is 0 Å². The number of rotatable bonds is 4. The average Bonchev–Trinajstić information content (AvgIpc) is 2.82. The van der Waals surface area contributed by atoms with Crippen LogP contribution >= 0.6 is 11.6 Å². The first-order valence-electron chi connectivity index (χ1n) is 5.02. The van der Waals surface area contributed by atoms with Crippen molar-refractivity contribution in [1.82, 2.24) is 0 Å². The first-order chi connectivity index (χ1) is 8.25. The Bertz CT molecular complexity index is 532. The highest BCUT2D eigenvalue weighted by Crippen LogP contribution is 2.14. The van der Waals surface area contributed by atoms with Crippen molar-refractivity contribution in [3.05, 3.63) is 65.7 Å². The van der Waals surface area contributed by atoms with Gasteiger partial charge in [-0.3, -0.25) is 4.79 Å². The molecule has 0 bridgehead atoms. The summed E-state index contributed by atoms with van der Waals surface area (Å²) in [6.45, 7) is 0. The van der Waals surface area contributed by atoms with E-state index < -0.39 is 0 Å². The van der Waals surface area contributed by atoms with E-state index in [9.17, 15) is 4.79 Å². The van der Waals surface area contributed by atoms with Gasteiger partial charge in [-0.15, -0.1) is 0 Å². The van der Waals surface area contributed by atoms with E-state index in [1.54, 1.807) is 30.5 Å². The minimum Gasteiger partial charge on any atom is -0.461 e. The molecule has 17 heavy (non-hydrogen) atoms. The zero-order chi connectivity index (χ0) is 12.1. The van der Waals surface area contributed by atoms with Gasteiger partial charge in [0, 0.05) is 23.0 Å². The molecule has 3 nitrogen and oxygen atoms in total. The molecule has 1 aromatic heterocycles. The van der Waals surface area contributed by atoms with Gasteiger partial charge in [-0.1, -0.05) is 17.7 Å². The maximum atomic E-state index is 11.5. The van der Waals surface area contributed by atoms with Crippen molar-refractivity contribution in [2.45, 2.75) is 0 Å². The van der Waals surface area contributed by atoms with Gasteiger partial charge in [0.2, 0.25) is 5.78 Å². The quantitative estimate of drug-likeness (QED) is 0.661. The number of ketones is 1. The molecule has 1 aromatic carbocycles. The number of benzene rings is 1. The molecule has 0 unspecified atom stereocenters. The second-order valence-corrected chi connectivity index (χ2v) is 3.77. The number of nitrogens with one attached hydrogen (secondary N) is 1. The van der Waals surface area contributed by atoms with Gasteiger partial charge < -0.3 is 9.73 Å². The van der Waals surface area contributed by atoms with Crippen LogP contribution in [0.25, 0.3) is 0 Å². The SMILES string of the molecule is O=C(/C=C\Nc1cccc(Cl)c1)c1ccco1. The normalized spacial score (nSPS) is 10.6. The lowest BCUT2D eigenvalue weighted by Gasteiger charge is -1.99. The Morgan fingerprint density at radius 1 is 1.29 bits per heavy atom. The van der Waals surface area contributed by atoms with Crippen molar-refractivity contribution in [1.29, 1.82) is 0 Å². The molecule has 0 saturated heterocycles. The molecule has 0 spiro atoms. The lowest BCUT2D eigenvalue weighted by Crippen LogP contribution is -1.94. The number of anilines is 1. The van der Waals surface area contributed by atoms with E-state index in [0.29, 0.717) is 10.8 Å². The first kappa shape index (κ1) is 11.5. The van der Waals surface area contributed by atoms with Crippen LogP contribution in [0.1, 0.15) is 10.6 Å². The third-order valence-electron chi connectivity index (χ3n) is 2.07. The van der Waals surface area contributed by atoms with E-state index in [2.05, 4.69) is 5.32 Å². The number of furan rings is 1. The molecule has 4 heteroatoms. The summed E-state index contributed by atoms with van der Waals surface area (Å²) in [4.78, 5) is 11.5. The highest BCUT2D eigenvalue weighted by atomic mass is 35.5.